The largest absolute Gasteiger partial charge is 0.465 e. The van der Waals surface area contributed by atoms with Gasteiger partial charge in [0.25, 0.3) is 5.91 Å². The quantitative estimate of drug-likeness (QED) is 0.779. The molecule has 0 radical (unpaired) electrons. The number of rotatable bonds is 5. The summed E-state index contributed by atoms with van der Waals surface area (Å²) in [4.78, 5) is 38.7. The van der Waals surface area contributed by atoms with Crippen molar-refractivity contribution in [2.24, 2.45) is 0 Å². The first-order valence-electron chi connectivity index (χ1n) is 8.00. The molecule has 0 bridgehead atoms. The van der Waals surface area contributed by atoms with Crippen LogP contribution in [0, 0.1) is 25.2 Å². The fourth-order valence-corrected chi connectivity index (χ4v) is 3.11. The molecule has 8 heteroatoms. The molecule has 0 aromatic carbocycles. The molecule has 2 N–H and O–H groups in total. The van der Waals surface area contributed by atoms with Gasteiger partial charge in [0.1, 0.15) is 11.2 Å². The van der Waals surface area contributed by atoms with Crippen LogP contribution in [0.25, 0.3) is 0 Å². The second kappa shape index (κ2) is 7.38. The van der Waals surface area contributed by atoms with Gasteiger partial charge >= 0.3 is 11.9 Å². The summed E-state index contributed by atoms with van der Waals surface area (Å²) in [5.74, 6) is -1.82. The lowest BCUT2D eigenvalue weighted by atomic mass is 10.00. The highest BCUT2D eigenvalue weighted by Gasteiger charge is 2.35. The van der Waals surface area contributed by atoms with Crippen LogP contribution in [0.15, 0.2) is 0 Å². The van der Waals surface area contributed by atoms with E-state index in [0.717, 1.165) is 12.8 Å². The number of ether oxygens (including phenoxy) is 2. The number of amides is 1. The van der Waals surface area contributed by atoms with Gasteiger partial charge in [0.2, 0.25) is 0 Å². The number of aryl methyl sites for hydroxylation is 1. The van der Waals surface area contributed by atoms with E-state index in [1.165, 1.54) is 7.11 Å². The van der Waals surface area contributed by atoms with E-state index in [-0.39, 0.29) is 11.3 Å². The van der Waals surface area contributed by atoms with E-state index < -0.39 is 30.0 Å². The van der Waals surface area contributed by atoms with Gasteiger partial charge < -0.3 is 19.8 Å². The highest BCUT2D eigenvalue weighted by Crippen LogP contribution is 2.28. The van der Waals surface area contributed by atoms with Crippen LogP contribution in [-0.2, 0) is 14.3 Å². The molecule has 1 aliphatic rings. The summed E-state index contributed by atoms with van der Waals surface area (Å²) in [5, 5.41) is 11.9. The van der Waals surface area contributed by atoms with Crippen molar-refractivity contribution in [2.45, 2.75) is 45.1 Å². The molecule has 0 unspecified atom stereocenters. The van der Waals surface area contributed by atoms with E-state index in [4.69, 9.17) is 4.74 Å². The minimum atomic E-state index is -0.861. The molecule has 2 rings (SSSR count). The van der Waals surface area contributed by atoms with Crippen molar-refractivity contribution in [3.63, 3.8) is 0 Å². The topological polar surface area (TPSA) is 121 Å². The third-order valence-corrected chi connectivity index (χ3v) is 4.42. The van der Waals surface area contributed by atoms with Gasteiger partial charge in [-0.3, -0.25) is 4.79 Å². The minimum absolute atomic E-state index is 0.0987. The predicted molar refractivity (Wildman–Crippen MR) is 86.8 cm³/mol. The number of aromatic nitrogens is 1. The summed E-state index contributed by atoms with van der Waals surface area (Å²) in [7, 11) is 1.25. The Morgan fingerprint density at radius 1 is 1.24 bits per heavy atom. The van der Waals surface area contributed by atoms with Gasteiger partial charge in [0.15, 0.2) is 6.61 Å². The molecule has 1 heterocycles. The van der Waals surface area contributed by atoms with E-state index in [1.807, 2.05) is 0 Å². The number of aromatic amines is 1. The van der Waals surface area contributed by atoms with Crippen LogP contribution in [-0.4, -0.2) is 42.1 Å². The highest BCUT2D eigenvalue weighted by molar-refractivity contribution is 5.99. The van der Waals surface area contributed by atoms with Gasteiger partial charge in [-0.1, -0.05) is 0 Å². The summed E-state index contributed by atoms with van der Waals surface area (Å²) in [6.45, 7) is 2.74. The van der Waals surface area contributed by atoms with Crippen LogP contribution in [0.1, 0.15) is 57.8 Å². The second-order valence-corrected chi connectivity index (χ2v) is 6.14. The Hall–Kier alpha value is -2.82. The Kier molecular flexibility index (Phi) is 5.47. The number of methoxy groups -OCH3 is 1. The predicted octanol–water partition coefficient (Wildman–Crippen LogP) is 1.53. The van der Waals surface area contributed by atoms with Crippen molar-refractivity contribution in [1.82, 2.24) is 10.3 Å². The molecule has 1 saturated carbocycles. The number of nitriles is 1. The Morgan fingerprint density at radius 3 is 2.44 bits per heavy atom. The average molecular weight is 347 g/mol. The lowest BCUT2D eigenvalue weighted by molar-refractivity contribution is -0.125. The maximum absolute atomic E-state index is 12.2. The molecule has 8 nitrogen and oxygen atoms in total. The van der Waals surface area contributed by atoms with E-state index in [1.54, 1.807) is 13.8 Å². The van der Waals surface area contributed by atoms with Crippen LogP contribution in [0.5, 0.6) is 0 Å². The number of hydrogen-bond donors (Lipinski definition) is 2. The lowest BCUT2D eigenvalue weighted by Gasteiger charge is -2.21. The van der Waals surface area contributed by atoms with Crippen molar-refractivity contribution < 1.29 is 23.9 Å². The molecule has 1 aliphatic carbocycles. The summed E-state index contributed by atoms with van der Waals surface area (Å²) in [6.07, 6.45) is 2.96. The first kappa shape index (κ1) is 18.5. The smallest absolute Gasteiger partial charge is 0.355 e. The Labute approximate surface area is 145 Å². The lowest BCUT2D eigenvalue weighted by Crippen LogP contribution is -2.46. The van der Waals surface area contributed by atoms with Crippen molar-refractivity contribution in [3.8, 4) is 6.07 Å². The Balaban J connectivity index is 2.00. The van der Waals surface area contributed by atoms with Gasteiger partial charge in [-0.05, 0) is 45.1 Å². The molecule has 0 spiro atoms. The Bertz CT molecular complexity index is 738. The van der Waals surface area contributed by atoms with E-state index >= 15 is 0 Å². The molecule has 1 amide bonds. The second-order valence-electron chi connectivity index (χ2n) is 6.14. The fourth-order valence-electron chi connectivity index (χ4n) is 3.11. The third kappa shape index (κ3) is 3.82. The number of nitrogens with zero attached hydrogens (tertiary/aromatic N) is 1. The monoisotopic (exact) mass is 347 g/mol. The van der Waals surface area contributed by atoms with Gasteiger partial charge in [0.05, 0.1) is 18.7 Å². The zero-order chi connectivity index (χ0) is 18.6. The molecule has 1 aromatic heterocycles. The maximum Gasteiger partial charge on any atom is 0.355 e. The number of carbonyl (C=O) groups is 3. The summed E-state index contributed by atoms with van der Waals surface area (Å²) in [6, 6.07) is 2.14. The molecule has 1 fully saturated rings. The van der Waals surface area contributed by atoms with Gasteiger partial charge in [-0.2, -0.15) is 5.26 Å². The Morgan fingerprint density at radius 2 is 1.88 bits per heavy atom. The van der Waals surface area contributed by atoms with Gasteiger partial charge in [-0.25, -0.2) is 9.59 Å². The number of H-pyrrole nitrogens is 1. The van der Waals surface area contributed by atoms with Crippen LogP contribution in [0.3, 0.4) is 0 Å². The molecule has 0 aliphatic heterocycles. The zero-order valence-electron chi connectivity index (χ0n) is 14.5. The van der Waals surface area contributed by atoms with E-state index in [9.17, 15) is 19.6 Å². The summed E-state index contributed by atoms with van der Waals surface area (Å²) in [5.41, 5.74) is 0.393. The summed E-state index contributed by atoms with van der Waals surface area (Å²) >= 11 is 0. The van der Waals surface area contributed by atoms with Crippen LogP contribution < -0.4 is 5.32 Å². The SMILES string of the molecule is COC(=O)c1c(C)[nH]c(C(=O)OCC(=O)NC2(C#N)CCCC2)c1C. The highest BCUT2D eigenvalue weighted by atomic mass is 16.5. The van der Waals surface area contributed by atoms with E-state index in [0.29, 0.717) is 24.1 Å². The maximum atomic E-state index is 12.2. The minimum Gasteiger partial charge on any atom is -0.465 e. The van der Waals surface area contributed by atoms with Crippen molar-refractivity contribution in [2.75, 3.05) is 13.7 Å². The molecular weight excluding hydrogens is 326 g/mol. The van der Waals surface area contributed by atoms with Gasteiger partial charge in [0, 0.05) is 5.69 Å². The average Bonchev–Trinajstić information content (AvgIpc) is 3.17. The first-order chi connectivity index (χ1) is 11.8. The standard InChI is InChI=1S/C17H21N3O5/c1-10-13(15(22)24-3)11(2)19-14(10)16(23)25-8-12(21)20-17(9-18)6-4-5-7-17/h19H,4-8H2,1-3H3,(H,20,21). The summed E-state index contributed by atoms with van der Waals surface area (Å²) < 4.78 is 9.69. The third-order valence-electron chi connectivity index (χ3n) is 4.42. The molecule has 0 saturated heterocycles. The molecule has 25 heavy (non-hydrogen) atoms. The number of nitrogens with one attached hydrogen (secondary N) is 2. The number of hydrogen-bond acceptors (Lipinski definition) is 6. The van der Waals surface area contributed by atoms with Crippen molar-refractivity contribution in [1.29, 1.82) is 5.26 Å². The van der Waals surface area contributed by atoms with Crippen LogP contribution in [0.4, 0.5) is 0 Å². The fraction of sp³-hybridized carbons (Fsp3) is 0.529. The zero-order valence-corrected chi connectivity index (χ0v) is 14.5. The van der Waals surface area contributed by atoms with Crippen LogP contribution >= 0.6 is 0 Å². The van der Waals surface area contributed by atoms with Gasteiger partial charge in [-0.15, -0.1) is 0 Å². The van der Waals surface area contributed by atoms with Crippen LogP contribution in [0.2, 0.25) is 0 Å². The number of carbonyl (C=O) groups excluding carboxylic acids is 3. The van der Waals surface area contributed by atoms with Crippen molar-refractivity contribution in [3.05, 3.63) is 22.5 Å². The molecule has 1 aromatic rings. The van der Waals surface area contributed by atoms with E-state index in [2.05, 4.69) is 21.1 Å². The molecule has 0 atom stereocenters. The normalized spacial score (nSPS) is 15.3. The number of esters is 2. The molecular formula is C17H21N3O5. The molecule has 134 valence electrons. The first-order valence-corrected chi connectivity index (χ1v) is 8.00. The van der Waals surface area contributed by atoms with Crippen molar-refractivity contribution >= 4 is 17.8 Å².